The van der Waals surface area contributed by atoms with E-state index in [0.29, 0.717) is 0 Å². The zero-order chi connectivity index (χ0) is 12.1. The Balaban J connectivity index is 4.30. The number of hydrogen-bond acceptors (Lipinski definition) is 3. The Morgan fingerprint density at radius 2 is 1.87 bits per heavy atom. The van der Waals surface area contributed by atoms with Crippen LogP contribution in [0, 0.1) is 11.8 Å². The maximum atomic E-state index is 11.6. The van der Waals surface area contributed by atoms with Gasteiger partial charge in [0.15, 0.2) is 14.9 Å². The van der Waals surface area contributed by atoms with Gasteiger partial charge in [-0.05, 0) is 40.4 Å². The summed E-state index contributed by atoms with van der Waals surface area (Å²) < 4.78 is 10.7. The molecule has 0 bridgehead atoms. The number of hydrogen-bond donors (Lipinski definition) is 0. The van der Waals surface area contributed by atoms with E-state index < -0.39 is 13.9 Å². The minimum absolute atomic E-state index is 0.133. The molecule has 0 fully saturated rings. The van der Waals surface area contributed by atoms with Crippen molar-refractivity contribution in [1.82, 2.24) is 0 Å². The molecule has 0 N–H and O–H groups in total. The molecule has 0 heterocycles. The van der Waals surface area contributed by atoms with Gasteiger partial charge in [0.25, 0.3) is 0 Å². The monoisotopic (exact) mass is 228 g/mol. The van der Waals surface area contributed by atoms with Crippen LogP contribution >= 0.6 is 0 Å². The molecule has 0 saturated carbocycles. The molecule has 0 spiro atoms. The van der Waals surface area contributed by atoms with E-state index in [4.69, 9.17) is 9.16 Å². The number of carbonyl (C=O) groups is 1. The van der Waals surface area contributed by atoms with Crippen molar-refractivity contribution in [3.05, 3.63) is 0 Å². The molecule has 0 saturated heterocycles. The Morgan fingerprint density at radius 3 is 2.27 bits per heavy atom. The molecule has 0 aliphatic carbocycles. The molecule has 3 nitrogen and oxygen atoms in total. The lowest BCUT2D eigenvalue weighted by molar-refractivity contribution is -0.158. The fourth-order valence-electron chi connectivity index (χ4n) is 1.15. The van der Waals surface area contributed by atoms with Crippen molar-refractivity contribution in [3.8, 4) is 11.8 Å². The third-order valence-corrected chi connectivity index (χ3v) is 2.63. The molecular formula is C11H20O3Si. The third kappa shape index (κ3) is 6.31. The van der Waals surface area contributed by atoms with Crippen molar-refractivity contribution in [1.29, 1.82) is 0 Å². The minimum atomic E-state index is -1.74. The topological polar surface area (TPSA) is 35.5 Å². The molecule has 0 unspecified atom stereocenters. The first-order chi connectivity index (χ1) is 6.69. The first-order valence-electron chi connectivity index (χ1n) is 4.96. The number of carbonyl (C=O) groups excluding carboxylic acids is 1. The normalized spacial score (nSPS) is 11.6. The van der Waals surface area contributed by atoms with Gasteiger partial charge in [-0.3, -0.25) is 0 Å². The fraction of sp³-hybridized carbons (Fsp3) is 0.727. The molecule has 0 aromatic rings. The van der Waals surface area contributed by atoms with Gasteiger partial charge in [-0.2, -0.15) is 0 Å². The zero-order valence-corrected chi connectivity index (χ0v) is 11.4. The standard InChI is InChI=1S/C11H20O3Si/c1-7-8-9-13-10(12)11(2,3)14-15(4,5)6/h9H2,1-6H3. The van der Waals surface area contributed by atoms with Crippen LogP contribution in [0.1, 0.15) is 20.8 Å². The molecule has 0 aliphatic rings. The summed E-state index contributed by atoms with van der Waals surface area (Å²) in [4.78, 5) is 11.6. The van der Waals surface area contributed by atoms with E-state index in [9.17, 15) is 4.79 Å². The Kier molecular flexibility index (Phi) is 5.05. The summed E-state index contributed by atoms with van der Waals surface area (Å²) in [7, 11) is -1.74. The SMILES string of the molecule is CC#CCOC(=O)C(C)(C)O[Si](C)(C)C. The molecule has 0 amide bonds. The highest BCUT2D eigenvalue weighted by Gasteiger charge is 2.35. The molecule has 0 rings (SSSR count). The van der Waals surface area contributed by atoms with Gasteiger partial charge in [0.05, 0.1) is 0 Å². The Morgan fingerprint density at radius 1 is 1.33 bits per heavy atom. The molecule has 0 radical (unpaired) electrons. The largest absolute Gasteiger partial charge is 0.450 e. The van der Waals surface area contributed by atoms with E-state index in [1.165, 1.54) is 0 Å². The number of ether oxygens (including phenoxy) is 1. The van der Waals surface area contributed by atoms with Crippen LogP contribution < -0.4 is 0 Å². The molecule has 0 aromatic carbocycles. The summed E-state index contributed by atoms with van der Waals surface area (Å²) in [6.07, 6.45) is 0. The van der Waals surface area contributed by atoms with Crippen LogP contribution in [0.5, 0.6) is 0 Å². The maximum Gasteiger partial charge on any atom is 0.337 e. The quantitative estimate of drug-likeness (QED) is 0.420. The summed E-state index contributed by atoms with van der Waals surface area (Å²) >= 11 is 0. The predicted molar refractivity (Wildman–Crippen MR) is 62.9 cm³/mol. The lowest BCUT2D eigenvalue weighted by Crippen LogP contribution is -2.45. The lowest BCUT2D eigenvalue weighted by Gasteiger charge is -2.30. The zero-order valence-electron chi connectivity index (χ0n) is 10.4. The van der Waals surface area contributed by atoms with Gasteiger partial charge >= 0.3 is 5.97 Å². The second kappa shape index (κ2) is 5.33. The highest BCUT2D eigenvalue weighted by Crippen LogP contribution is 2.18. The Bertz CT molecular complexity index is 278. The van der Waals surface area contributed by atoms with Gasteiger partial charge in [0.2, 0.25) is 0 Å². The molecule has 4 heteroatoms. The van der Waals surface area contributed by atoms with Gasteiger partial charge in [-0.25, -0.2) is 4.79 Å². The van der Waals surface area contributed by atoms with E-state index in [1.54, 1.807) is 20.8 Å². The van der Waals surface area contributed by atoms with Gasteiger partial charge in [0, 0.05) is 0 Å². The van der Waals surface area contributed by atoms with E-state index in [0.717, 1.165) is 0 Å². The summed E-state index contributed by atoms with van der Waals surface area (Å²) in [5.41, 5.74) is -0.875. The lowest BCUT2D eigenvalue weighted by atomic mass is 10.1. The predicted octanol–water partition coefficient (Wildman–Crippen LogP) is 2.18. The van der Waals surface area contributed by atoms with Crippen molar-refractivity contribution >= 4 is 14.3 Å². The molecule has 0 aliphatic heterocycles. The summed E-state index contributed by atoms with van der Waals surface area (Å²) in [6.45, 7) is 11.4. The Labute approximate surface area is 93.3 Å². The van der Waals surface area contributed by atoms with Crippen LogP contribution in [0.2, 0.25) is 19.6 Å². The van der Waals surface area contributed by atoms with Crippen LogP contribution in [0.4, 0.5) is 0 Å². The van der Waals surface area contributed by atoms with Crippen LogP contribution in [0.15, 0.2) is 0 Å². The van der Waals surface area contributed by atoms with Gasteiger partial charge in [-0.15, -0.1) is 5.92 Å². The van der Waals surface area contributed by atoms with Crippen molar-refractivity contribution < 1.29 is 14.0 Å². The second-order valence-electron chi connectivity index (χ2n) is 4.73. The van der Waals surface area contributed by atoms with Crippen LogP contribution in [-0.4, -0.2) is 26.5 Å². The van der Waals surface area contributed by atoms with Crippen LogP contribution in [-0.2, 0) is 14.0 Å². The van der Waals surface area contributed by atoms with Crippen LogP contribution in [0.3, 0.4) is 0 Å². The van der Waals surface area contributed by atoms with E-state index in [1.807, 2.05) is 19.6 Å². The van der Waals surface area contributed by atoms with Gasteiger partial charge in [0.1, 0.15) is 5.60 Å². The van der Waals surface area contributed by atoms with Crippen molar-refractivity contribution in [2.75, 3.05) is 6.61 Å². The Hall–Kier alpha value is -0.793. The minimum Gasteiger partial charge on any atom is -0.450 e. The molecular weight excluding hydrogens is 208 g/mol. The van der Waals surface area contributed by atoms with Crippen molar-refractivity contribution in [3.63, 3.8) is 0 Å². The smallest absolute Gasteiger partial charge is 0.337 e. The van der Waals surface area contributed by atoms with Gasteiger partial charge < -0.3 is 9.16 Å². The van der Waals surface area contributed by atoms with Crippen molar-refractivity contribution in [2.45, 2.75) is 46.0 Å². The number of rotatable bonds is 4. The summed E-state index contributed by atoms with van der Waals surface area (Å²) in [5.74, 6) is 4.99. The van der Waals surface area contributed by atoms with E-state index in [-0.39, 0.29) is 12.6 Å². The highest BCUT2D eigenvalue weighted by molar-refractivity contribution is 6.70. The maximum absolute atomic E-state index is 11.6. The fourth-order valence-corrected chi connectivity index (χ4v) is 2.77. The summed E-state index contributed by atoms with van der Waals surface area (Å²) in [6, 6.07) is 0. The molecule has 0 aromatic heterocycles. The van der Waals surface area contributed by atoms with Gasteiger partial charge in [-0.1, -0.05) is 5.92 Å². The first kappa shape index (κ1) is 14.2. The molecule has 0 atom stereocenters. The summed E-state index contributed by atoms with van der Waals surface area (Å²) in [5, 5.41) is 0. The van der Waals surface area contributed by atoms with Crippen LogP contribution in [0.25, 0.3) is 0 Å². The van der Waals surface area contributed by atoms with Crippen molar-refractivity contribution in [2.24, 2.45) is 0 Å². The number of esters is 1. The second-order valence-corrected chi connectivity index (χ2v) is 9.16. The van der Waals surface area contributed by atoms with E-state index in [2.05, 4.69) is 11.8 Å². The third-order valence-electron chi connectivity index (χ3n) is 1.51. The molecule has 15 heavy (non-hydrogen) atoms. The highest BCUT2D eigenvalue weighted by atomic mass is 28.4. The molecule has 86 valence electrons. The van der Waals surface area contributed by atoms with E-state index >= 15 is 0 Å². The average molecular weight is 228 g/mol. The first-order valence-corrected chi connectivity index (χ1v) is 8.37. The average Bonchev–Trinajstić information content (AvgIpc) is 2.00.